The highest BCUT2D eigenvalue weighted by Gasteiger charge is 2.30. The third-order valence-corrected chi connectivity index (χ3v) is 4.89. The van der Waals surface area contributed by atoms with E-state index in [1.807, 2.05) is 19.9 Å². The molecule has 0 spiro atoms. The van der Waals surface area contributed by atoms with E-state index in [0.717, 1.165) is 12.8 Å². The standard InChI is InChI=1S/C19H26N2O5/c1-3-24-19(23)14-6-8-21(9-7-14)13(2)18(22)20-15-4-5-16-17(12-15)26-11-10-25-16/h4-5,12-14H,3,6-11H2,1-2H3,(H,20,22)/t13-/m1/s1. The number of nitrogens with zero attached hydrogens (tertiary/aromatic N) is 1. The molecule has 1 fully saturated rings. The molecule has 1 N–H and O–H groups in total. The molecule has 0 saturated carbocycles. The smallest absolute Gasteiger partial charge is 0.309 e. The van der Waals surface area contributed by atoms with E-state index in [4.69, 9.17) is 14.2 Å². The van der Waals surface area contributed by atoms with Gasteiger partial charge in [-0.3, -0.25) is 14.5 Å². The number of fused-ring (bicyclic) bond motifs is 1. The van der Waals surface area contributed by atoms with E-state index in [-0.39, 0.29) is 23.8 Å². The van der Waals surface area contributed by atoms with Gasteiger partial charge in [-0.2, -0.15) is 0 Å². The van der Waals surface area contributed by atoms with Crippen molar-refractivity contribution in [3.05, 3.63) is 18.2 Å². The van der Waals surface area contributed by atoms with Crippen molar-refractivity contribution < 1.29 is 23.8 Å². The predicted molar refractivity (Wildman–Crippen MR) is 96.5 cm³/mol. The first-order valence-electron chi connectivity index (χ1n) is 9.19. The lowest BCUT2D eigenvalue weighted by molar-refractivity contribution is -0.149. The maximum Gasteiger partial charge on any atom is 0.309 e. The summed E-state index contributed by atoms with van der Waals surface area (Å²) in [4.78, 5) is 26.5. The second kappa shape index (κ2) is 8.40. The Morgan fingerprint density at radius 1 is 1.23 bits per heavy atom. The van der Waals surface area contributed by atoms with Crippen LogP contribution in [0, 0.1) is 5.92 Å². The van der Waals surface area contributed by atoms with Gasteiger partial charge in [-0.15, -0.1) is 0 Å². The molecule has 1 atom stereocenters. The molecule has 1 aromatic rings. The summed E-state index contributed by atoms with van der Waals surface area (Å²) in [6.45, 7) is 6.58. The van der Waals surface area contributed by atoms with Crippen LogP contribution in [0.5, 0.6) is 11.5 Å². The highest BCUT2D eigenvalue weighted by molar-refractivity contribution is 5.94. The van der Waals surface area contributed by atoms with Gasteiger partial charge in [0, 0.05) is 11.8 Å². The third kappa shape index (κ3) is 4.27. The molecule has 0 aliphatic carbocycles. The second-order valence-corrected chi connectivity index (χ2v) is 6.59. The lowest BCUT2D eigenvalue weighted by atomic mass is 9.96. The van der Waals surface area contributed by atoms with E-state index >= 15 is 0 Å². The van der Waals surface area contributed by atoms with Gasteiger partial charge in [0.15, 0.2) is 11.5 Å². The van der Waals surface area contributed by atoms with Gasteiger partial charge in [-0.1, -0.05) is 0 Å². The topological polar surface area (TPSA) is 77.1 Å². The largest absolute Gasteiger partial charge is 0.486 e. The molecule has 0 aromatic heterocycles. The predicted octanol–water partition coefficient (Wildman–Crippen LogP) is 2.06. The van der Waals surface area contributed by atoms with E-state index < -0.39 is 0 Å². The number of benzene rings is 1. The van der Waals surface area contributed by atoms with E-state index in [1.54, 1.807) is 12.1 Å². The summed E-state index contributed by atoms with van der Waals surface area (Å²) in [5, 5.41) is 2.94. The first-order chi connectivity index (χ1) is 12.6. The van der Waals surface area contributed by atoms with Crippen LogP contribution >= 0.6 is 0 Å². The van der Waals surface area contributed by atoms with Crippen LogP contribution in [0.3, 0.4) is 0 Å². The summed E-state index contributed by atoms with van der Waals surface area (Å²) in [5.74, 6) is 1.09. The highest BCUT2D eigenvalue weighted by Crippen LogP contribution is 2.32. The average molecular weight is 362 g/mol. The van der Waals surface area contributed by atoms with Crippen molar-refractivity contribution >= 4 is 17.6 Å². The number of ether oxygens (including phenoxy) is 3. The van der Waals surface area contributed by atoms with Gasteiger partial charge >= 0.3 is 5.97 Å². The fourth-order valence-corrected chi connectivity index (χ4v) is 3.32. The molecule has 1 amide bonds. The van der Waals surface area contributed by atoms with Crippen LogP contribution in [-0.2, 0) is 14.3 Å². The Hall–Kier alpha value is -2.28. The number of carbonyl (C=O) groups excluding carboxylic acids is 2. The Kier molecular flexibility index (Phi) is 5.98. The minimum atomic E-state index is -0.272. The summed E-state index contributed by atoms with van der Waals surface area (Å²) < 4.78 is 16.1. The number of rotatable bonds is 5. The zero-order chi connectivity index (χ0) is 18.5. The molecule has 26 heavy (non-hydrogen) atoms. The summed E-state index contributed by atoms with van der Waals surface area (Å²) in [5.41, 5.74) is 0.688. The summed E-state index contributed by atoms with van der Waals surface area (Å²) in [7, 11) is 0. The number of nitrogens with one attached hydrogen (secondary N) is 1. The normalized spacial score (nSPS) is 18.8. The lowest BCUT2D eigenvalue weighted by Gasteiger charge is -2.34. The molecular weight excluding hydrogens is 336 g/mol. The maximum atomic E-state index is 12.6. The third-order valence-electron chi connectivity index (χ3n) is 4.89. The zero-order valence-corrected chi connectivity index (χ0v) is 15.3. The van der Waals surface area contributed by atoms with Crippen molar-refractivity contribution in [1.29, 1.82) is 0 Å². The summed E-state index contributed by atoms with van der Waals surface area (Å²) >= 11 is 0. The minimum absolute atomic E-state index is 0.0562. The molecule has 7 heteroatoms. The van der Waals surface area contributed by atoms with Crippen molar-refractivity contribution in [3.8, 4) is 11.5 Å². The number of hydrogen-bond donors (Lipinski definition) is 1. The van der Waals surface area contributed by atoms with Gasteiger partial charge in [0.05, 0.1) is 18.6 Å². The van der Waals surface area contributed by atoms with E-state index in [1.165, 1.54) is 0 Å². The molecule has 2 aliphatic rings. The average Bonchev–Trinajstić information content (AvgIpc) is 2.67. The Labute approximate surface area is 153 Å². The SMILES string of the molecule is CCOC(=O)C1CCN([C@H](C)C(=O)Nc2ccc3c(c2)OCCO3)CC1. The fraction of sp³-hybridized carbons (Fsp3) is 0.579. The second-order valence-electron chi connectivity index (χ2n) is 6.59. The molecule has 1 saturated heterocycles. The number of likely N-dealkylation sites (tertiary alicyclic amines) is 1. The molecule has 1 aromatic carbocycles. The molecular formula is C19H26N2O5. The molecule has 0 unspecified atom stereocenters. The van der Waals surface area contributed by atoms with Crippen LogP contribution in [0.1, 0.15) is 26.7 Å². The van der Waals surface area contributed by atoms with Gasteiger partial charge < -0.3 is 19.5 Å². The van der Waals surface area contributed by atoms with Gasteiger partial charge in [-0.05, 0) is 51.9 Å². The first-order valence-corrected chi connectivity index (χ1v) is 9.19. The van der Waals surface area contributed by atoms with Crippen LogP contribution in [0.25, 0.3) is 0 Å². The number of carbonyl (C=O) groups is 2. The number of piperidine rings is 1. The van der Waals surface area contributed by atoms with Crippen LogP contribution < -0.4 is 14.8 Å². The minimum Gasteiger partial charge on any atom is -0.486 e. The van der Waals surface area contributed by atoms with Crippen molar-refractivity contribution in [2.24, 2.45) is 5.92 Å². The van der Waals surface area contributed by atoms with Crippen LogP contribution in [0.2, 0.25) is 0 Å². The molecule has 0 radical (unpaired) electrons. The van der Waals surface area contributed by atoms with Gasteiger partial charge in [0.2, 0.25) is 5.91 Å². The number of hydrogen-bond acceptors (Lipinski definition) is 6. The zero-order valence-electron chi connectivity index (χ0n) is 15.3. The Morgan fingerprint density at radius 2 is 1.92 bits per heavy atom. The fourth-order valence-electron chi connectivity index (χ4n) is 3.32. The lowest BCUT2D eigenvalue weighted by Crippen LogP contribution is -2.47. The molecule has 142 valence electrons. The number of amides is 1. The van der Waals surface area contributed by atoms with Crippen LogP contribution in [0.15, 0.2) is 18.2 Å². The molecule has 7 nitrogen and oxygen atoms in total. The Morgan fingerprint density at radius 3 is 2.62 bits per heavy atom. The first kappa shape index (κ1) is 18.5. The highest BCUT2D eigenvalue weighted by atomic mass is 16.6. The molecule has 2 aliphatic heterocycles. The monoisotopic (exact) mass is 362 g/mol. The van der Waals surface area contributed by atoms with Gasteiger partial charge in [0.1, 0.15) is 13.2 Å². The number of esters is 1. The Balaban J connectivity index is 1.53. The van der Waals surface area contributed by atoms with Crippen molar-refractivity contribution in [2.75, 3.05) is 38.2 Å². The number of anilines is 1. The summed E-state index contributed by atoms with van der Waals surface area (Å²) in [6.07, 6.45) is 1.45. The van der Waals surface area contributed by atoms with Gasteiger partial charge in [-0.25, -0.2) is 0 Å². The molecule has 0 bridgehead atoms. The van der Waals surface area contributed by atoms with E-state index in [9.17, 15) is 9.59 Å². The molecule has 3 rings (SSSR count). The van der Waals surface area contributed by atoms with Crippen molar-refractivity contribution in [1.82, 2.24) is 4.90 Å². The van der Waals surface area contributed by atoms with Crippen LogP contribution in [0.4, 0.5) is 5.69 Å². The van der Waals surface area contributed by atoms with Crippen LogP contribution in [-0.4, -0.2) is 55.7 Å². The Bertz CT molecular complexity index is 655. The van der Waals surface area contributed by atoms with Crippen molar-refractivity contribution in [2.45, 2.75) is 32.7 Å². The quantitative estimate of drug-likeness (QED) is 0.808. The maximum absolute atomic E-state index is 12.6. The molecule has 2 heterocycles. The van der Waals surface area contributed by atoms with E-state index in [0.29, 0.717) is 50.1 Å². The van der Waals surface area contributed by atoms with Crippen molar-refractivity contribution in [3.63, 3.8) is 0 Å². The van der Waals surface area contributed by atoms with E-state index in [2.05, 4.69) is 10.2 Å². The summed E-state index contributed by atoms with van der Waals surface area (Å²) in [6, 6.07) is 5.13. The van der Waals surface area contributed by atoms with Gasteiger partial charge in [0.25, 0.3) is 0 Å².